The Balaban J connectivity index is 1.75. The Labute approximate surface area is 150 Å². The van der Waals surface area contributed by atoms with Crippen LogP contribution in [0.25, 0.3) is 0 Å². The summed E-state index contributed by atoms with van der Waals surface area (Å²) in [4.78, 5) is 37.4. The number of hydrogen-bond donors (Lipinski definition) is 1. The molecule has 0 aliphatic carbocycles. The third-order valence-corrected chi connectivity index (χ3v) is 4.79. The highest BCUT2D eigenvalue weighted by Gasteiger charge is 2.13. The van der Waals surface area contributed by atoms with E-state index in [0.717, 1.165) is 10.4 Å². The molecule has 0 saturated heterocycles. The van der Waals surface area contributed by atoms with Crippen LogP contribution in [0, 0.1) is 19.7 Å². The molecular weight excluding hydrogens is 341 g/mol. The number of carbonyl (C=O) groups is 3. The Hall–Kier alpha value is -2.34. The fourth-order valence-corrected chi connectivity index (χ4v) is 3.12. The molecule has 2 aromatic rings. The largest absolute Gasteiger partial charge is 0.326 e. The SMILES string of the molecule is Cc1ccc(C(=O)CCC(=O)CCC(=O)Nc2cc(F)ccc2C)s1. The molecule has 132 valence electrons. The summed E-state index contributed by atoms with van der Waals surface area (Å²) >= 11 is 1.41. The molecule has 6 heteroatoms. The van der Waals surface area contributed by atoms with Gasteiger partial charge in [0.25, 0.3) is 0 Å². The summed E-state index contributed by atoms with van der Waals surface area (Å²) in [7, 11) is 0. The highest BCUT2D eigenvalue weighted by Crippen LogP contribution is 2.18. The van der Waals surface area contributed by atoms with Crippen molar-refractivity contribution < 1.29 is 18.8 Å². The van der Waals surface area contributed by atoms with Gasteiger partial charge in [-0.3, -0.25) is 14.4 Å². The molecule has 0 fully saturated rings. The maximum Gasteiger partial charge on any atom is 0.224 e. The van der Waals surface area contributed by atoms with E-state index < -0.39 is 5.82 Å². The van der Waals surface area contributed by atoms with Crippen LogP contribution in [0.5, 0.6) is 0 Å². The summed E-state index contributed by atoms with van der Waals surface area (Å²) in [5.74, 6) is -0.958. The molecule has 0 spiro atoms. The Bertz CT molecular complexity index is 798. The normalized spacial score (nSPS) is 10.5. The summed E-state index contributed by atoms with van der Waals surface area (Å²) < 4.78 is 13.2. The van der Waals surface area contributed by atoms with E-state index in [0.29, 0.717) is 10.6 Å². The van der Waals surface area contributed by atoms with E-state index >= 15 is 0 Å². The van der Waals surface area contributed by atoms with E-state index in [2.05, 4.69) is 5.32 Å². The molecule has 1 heterocycles. The zero-order chi connectivity index (χ0) is 18.4. The number of benzene rings is 1. The summed E-state index contributed by atoms with van der Waals surface area (Å²) in [5.41, 5.74) is 1.15. The lowest BCUT2D eigenvalue weighted by Gasteiger charge is -2.08. The van der Waals surface area contributed by atoms with Crippen LogP contribution < -0.4 is 5.32 Å². The van der Waals surface area contributed by atoms with Crippen molar-refractivity contribution in [2.75, 3.05) is 5.32 Å². The summed E-state index contributed by atoms with van der Waals surface area (Å²) in [6, 6.07) is 7.78. The Kier molecular flexibility index (Phi) is 6.58. The van der Waals surface area contributed by atoms with Gasteiger partial charge in [0.1, 0.15) is 11.6 Å². The minimum absolute atomic E-state index is 0.0150. The van der Waals surface area contributed by atoms with Crippen molar-refractivity contribution in [3.8, 4) is 0 Å². The molecule has 1 N–H and O–H groups in total. The van der Waals surface area contributed by atoms with Crippen LogP contribution in [-0.2, 0) is 9.59 Å². The topological polar surface area (TPSA) is 63.2 Å². The molecule has 0 radical (unpaired) electrons. The van der Waals surface area contributed by atoms with Crippen molar-refractivity contribution >= 4 is 34.5 Å². The molecule has 0 unspecified atom stereocenters. The van der Waals surface area contributed by atoms with Crippen LogP contribution >= 0.6 is 11.3 Å². The van der Waals surface area contributed by atoms with E-state index in [1.807, 2.05) is 13.0 Å². The van der Waals surface area contributed by atoms with Gasteiger partial charge in [-0.1, -0.05) is 6.07 Å². The van der Waals surface area contributed by atoms with Crippen LogP contribution in [0.1, 0.15) is 45.8 Å². The smallest absolute Gasteiger partial charge is 0.224 e. The number of Topliss-reactive ketones (excluding diaryl/α,β-unsaturated/α-hetero) is 2. The van der Waals surface area contributed by atoms with Crippen molar-refractivity contribution in [3.63, 3.8) is 0 Å². The number of nitrogens with one attached hydrogen (secondary N) is 1. The van der Waals surface area contributed by atoms with Gasteiger partial charge in [-0.15, -0.1) is 11.3 Å². The summed E-state index contributed by atoms with van der Waals surface area (Å²) in [6.45, 7) is 3.68. The van der Waals surface area contributed by atoms with Crippen LogP contribution in [0.4, 0.5) is 10.1 Å². The zero-order valence-electron chi connectivity index (χ0n) is 14.2. The second-order valence-electron chi connectivity index (χ2n) is 5.88. The second-order valence-corrected chi connectivity index (χ2v) is 7.17. The quantitative estimate of drug-likeness (QED) is 0.706. The number of rotatable bonds is 8. The highest BCUT2D eigenvalue weighted by molar-refractivity contribution is 7.14. The third kappa shape index (κ3) is 5.90. The number of amides is 1. The zero-order valence-corrected chi connectivity index (χ0v) is 15.0. The third-order valence-electron chi connectivity index (χ3n) is 3.75. The number of carbonyl (C=O) groups excluding carboxylic acids is 3. The highest BCUT2D eigenvalue weighted by atomic mass is 32.1. The fourth-order valence-electron chi connectivity index (χ4n) is 2.28. The molecule has 1 amide bonds. The van der Waals surface area contributed by atoms with E-state index in [-0.39, 0.29) is 43.2 Å². The molecule has 0 saturated carbocycles. The Morgan fingerprint density at radius 2 is 1.72 bits per heavy atom. The number of hydrogen-bond acceptors (Lipinski definition) is 4. The van der Waals surface area contributed by atoms with Crippen LogP contribution in [0.3, 0.4) is 0 Å². The van der Waals surface area contributed by atoms with Crippen molar-refractivity contribution in [2.24, 2.45) is 0 Å². The number of ketones is 2. The van der Waals surface area contributed by atoms with Gasteiger partial charge in [0.2, 0.25) is 5.91 Å². The maximum atomic E-state index is 13.2. The Morgan fingerprint density at radius 1 is 1.00 bits per heavy atom. The van der Waals surface area contributed by atoms with Gasteiger partial charge in [0.15, 0.2) is 5.78 Å². The maximum absolute atomic E-state index is 13.2. The summed E-state index contributed by atoms with van der Waals surface area (Å²) in [5, 5.41) is 2.60. The molecule has 0 aliphatic heterocycles. The number of thiophene rings is 1. The van der Waals surface area contributed by atoms with Crippen molar-refractivity contribution in [1.82, 2.24) is 0 Å². The minimum atomic E-state index is -0.431. The van der Waals surface area contributed by atoms with Gasteiger partial charge in [0.05, 0.1) is 4.88 Å². The second kappa shape index (κ2) is 8.67. The molecule has 1 aromatic carbocycles. The first-order valence-electron chi connectivity index (χ1n) is 8.02. The van der Waals surface area contributed by atoms with Gasteiger partial charge in [0, 0.05) is 36.2 Å². The molecule has 0 atom stereocenters. The average molecular weight is 361 g/mol. The fraction of sp³-hybridized carbons (Fsp3) is 0.316. The minimum Gasteiger partial charge on any atom is -0.326 e. The lowest BCUT2D eigenvalue weighted by molar-refractivity contribution is -0.122. The number of aryl methyl sites for hydroxylation is 2. The van der Waals surface area contributed by atoms with Crippen molar-refractivity contribution in [2.45, 2.75) is 39.5 Å². The molecule has 25 heavy (non-hydrogen) atoms. The number of anilines is 1. The molecule has 0 bridgehead atoms. The van der Waals surface area contributed by atoms with Gasteiger partial charge in [-0.25, -0.2) is 4.39 Å². The van der Waals surface area contributed by atoms with Gasteiger partial charge >= 0.3 is 0 Å². The first-order chi connectivity index (χ1) is 11.8. The van der Waals surface area contributed by atoms with Gasteiger partial charge in [-0.05, 0) is 43.7 Å². The number of halogens is 1. The van der Waals surface area contributed by atoms with Crippen LogP contribution in [0.15, 0.2) is 30.3 Å². The predicted molar refractivity (Wildman–Crippen MR) is 96.6 cm³/mol. The lowest BCUT2D eigenvalue weighted by atomic mass is 10.1. The standard InChI is InChI=1S/C19H20FNO3S/c1-12-3-5-14(20)11-16(12)21-19(24)10-7-15(22)6-8-17(23)18-9-4-13(2)25-18/h3-5,9,11H,6-8,10H2,1-2H3,(H,21,24). The van der Waals surface area contributed by atoms with Crippen LogP contribution in [0.2, 0.25) is 0 Å². The Morgan fingerprint density at radius 3 is 2.40 bits per heavy atom. The van der Waals surface area contributed by atoms with Gasteiger partial charge in [-0.2, -0.15) is 0 Å². The van der Waals surface area contributed by atoms with E-state index in [9.17, 15) is 18.8 Å². The summed E-state index contributed by atoms with van der Waals surface area (Å²) in [6.07, 6.45) is 0.365. The van der Waals surface area contributed by atoms with E-state index in [1.54, 1.807) is 19.1 Å². The first kappa shape index (κ1) is 19.0. The molecule has 1 aromatic heterocycles. The van der Waals surface area contributed by atoms with E-state index in [4.69, 9.17) is 0 Å². The lowest BCUT2D eigenvalue weighted by Crippen LogP contribution is -2.14. The molecular formula is C19H20FNO3S. The molecule has 4 nitrogen and oxygen atoms in total. The van der Waals surface area contributed by atoms with Crippen molar-refractivity contribution in [1.29, 1.82) is 0 Å². The van der Waals surface area contributed by atoms with E-state index in [1.165, 1.54) is 23.5 Å². The molecule has 2 rings (SSSR count). The molecule has 0 aliphatic rings. The van der Waals surface area contributed by atoms with Gasteiger partial charge < -0.3 is 5.32 Å². The van der Waals surface area contributed by atoms with Crippen molar-refractivity contribution in [3.05, 3.63) is 51.5 Å². The predicted octanol–water partition coefficient (Wildman–Crippen LogP) is 4.45. The average Bonchev–Trinajstić information content (AvgIpc) is 3.00. The first-order valence-corrected chi connectivity index (χ1v) is 8.84. The monoisotopic (exact) mass is 361 g/mol. The van der Waals surface area contributed by atoms with Crippen LogP contribution in [-0.4, -0.2) is 17.5 Å².